The monoisotopic (exact) mass is 380 g/mol. The Balaban J connectivity index is 1.53. The molecule has 1 aliphatic heterocycles. The summed E-state index contributed by atoms with van der Waals surface area (Å²) in [6.07, 6.45) is 0.937. The molecule has 2 heterocycles. The number of nitrogens with one attached hydrogen (secondary N) is 1. The average molecular weight is 380 g/mol. The number of cyclic esters (lactones) is 1. The molecule has 0 aliphatic carbocycles. The Morgan fingerprint density at radius 1 is 1.14 bits per heavy atom. The molecule has 0 fully saturated rings. The van der Waals surface area contributed by atoms with Crippen LogP contribution in [0.25, 0.3) is 0 Å². The third-order valence-corrected chi connectivity index (χ3v) is 4.55. The molecule has 8 nitrogen and oxygen atoms in total. The van der Waals surface area contributed by atoms with E-state index in [-0.39, 0.29) is 0 Å². The molecule has 0 saturated heterocycles. The van der Waals surface area contributed by atoms with Gasteiger partial charge in [-0.15, -0.1) is 5.10 Å². The fraction of sp³-hybridized carbons (Fsp3) is 0.250. The standard InChI is InChI=1S/C20H20N4O4/c1-12-4-6-13(7-5-12)10-24-11-21-20(23-24)22-18-14-8-9-15(26-2)17(27-3)16(14)19(25)28-18/h4-9,11,18H,10H2,1-3H3,(H,22,23)/t18-/m1/s1. The zero-order valence-electron chi connectivity index (χ0n) is 15.8. The second-order valence-electron chi connectivity index (χ2n) is 6.45. The molecule has 4 rings (SSSR count). The van der Waals surface area contributed by atoms with E-state index in [1.807, 2.05) is 6.92 Å². The number of hydrogen-bond acceptors (Lipinski definition) is 7. The number of rotatable bonds is 6. The van der Waals surface area contributed by atoms with Crippen LogP contribution >= 0.6 is 0 Å². The smallest absolute Gasteiger partial charge is 0.344 e. The molecule has 0 saturated carbocycles. The molecular formula is C20H20N4O4. The summed E-state index contributed by atoms with van der Waals surface area (Å²) in [6, 6.07) is 11.7. The Hall–Kier alpha value is -3.55. The maximum atomic E-state index is 12.3. The number of carbonyl (C=O) groups is 1. The molecular weight excluding hydrogens is 360 g/mol. The van der Waals surface area contributed by atoms with Gasteiger partial charge in [0.1, 0.15) is 11.9 Å². The maximum absolute atomic E-state index is 12.3. The van der Waals surface area contributed by atoms with Crippen LogP contribution in [0.15, 0.2) is 42.7 Å². The fourth-order valence-corrected chi connectivity index (χ4v) is 3.14. The minimum absolute atomic E-state index is 0.346. The highest BCUT2D eigenvalue weighted by Gasteiger charge is 2.36. The van der Waals surface area contributed by atoms with E-state index in [9.17, 15) is 4.79 Å². The summed E-state index contributed by atoms with van der Waals surface area (Å²) in [7, 11) is 3.01. The Morgan fingerprint density at radius 2 is 1.93 bits per heavy atom. The lowest BCUT2D eigenvalue weighted by molar-refractivity contribution is 0.0434. The quantitative estimate of drug-likeness (QED) is 0.658. The molecule has 144 valence electrons. The van der Waals surface area contributed by atoms with E-state index in [0.29, 0.717) is 35.1 Å². The van der Waals surface area contributed by atoms with Crippen molar-refractivity contribution in [1.29, 1.82) is 0 Å². The number of aryl methyl sites for hydroxylation is 1. The van der Waals surface area contributed by atoms with E-state index in [2.05, 4.69) is 39.7 Å². The first-order chi connectivity index (χ1) is 13.6. The van der Waals surface area contributed by atoms with E-state index >= 15 is 0 Å². The first kappa shape index (κ1) is 17.8. The minimum Gasteiger partial charge on any atom is -0.493 e. The van der Waals surface area contributed by atoms with E-state index in [1.54, 1.807) is 23.1 Å². The molecule has 0 radical (unpaired) electrons. The first-order valence-corrected chi connectivity index (χ1v) is 8.76. The summed E-state index contributed by atoms with van der Waals surface area (Å²) in [5.41, 5.74) is 3.32. The fourth-order valence-electron chi connectivity index (χ4n) is 3.14. The Bertz CT molecular complexity index is 1010. The zero-order chi connectivity index (χ0) is 19.7. The molecule has 0 unspecified atom stereocenters. The zero-order valence-corrected chi connectivity index (χ0v) is 15.8. The molecule has 0 spiro atoms. The number of hydrogen-bond donors (Lipinski definition) is 1. The van der Waals surface area contributed by atoms with Crippen molar-refractivity contribution in [3.05, 3.63) is 65.0 Å². The van der Waals surface area contributed by atoms with Crippen molar-refractivity contribution in [1.82, 2.24) is 14.8 Å². The Labute approximate surface area is 162 Å². The van der Waals surface area contributed by atoms with Crippen molar-refractivity contribution in [2.75, 3.05) is 19.5 Å². The normalized spacial score (nSPS) is 15.1. The molecule has 0 amide bonds. The van der Waals surface area contributed by atoms with Gasteiger partial charge >= 0.3 is 5.97 Å². The van der Waals surface area contributed by atoms with E-state index in [0.717, 1.165) is 5.56 Å². The van der Waals surface area contributed by atoms with Gasteiger partial charge in [-0.2, -0.15) is 0 Å². The van der Waals surface area contributed by atoms with Crippen molar-refractivity contribution in [3.63, 3.8) is 0 Å². The van der Waals surface area contributed by atoms with Crippen molar-refractivity contribution in [2.45, 2.75) is 19.7 Å². The lowest BCUT2D eigenvalue weighted by Gasteiger charge is -2.12. The Morgan fingerprint density at radius 3 is 2.64 bits per heavy atom. The van der Waals surface area contributed by atoms with Crippen LogP contribution in [-0.2, 0) is 11.3 Å². The summed E-state index contributed by atoms with van der Waals surface area (Å²) in [6.45, 7) is 2.65. The highest BCUT2D eigenvalue weighted by Crippen LogP contribution is 2.41. The molecule has 1 N–H and O–H groups in total. The number of aromatic nitrogens is 3. The van der Waals surface area contributed by atoms with Crippen LogP contribution in [0.4, 0.5) is 5.95 Å². The number of fused-ring (bicyclic) bond motifs is 1. The summed E-state index contributed by atoms with van der Waals surface area (Å²) in [4.78, 5) is 16.6. The number of methoxy groups -OCH3 is 2. The SMILES string of the molecule is COc1ccc2c(c1OC)C(=O)O[C@H]2Nc1ncn(Cc2ccc(C)cc2)n1. The van der Waals surface area contributed by atoms with Gasteiger partial charge in [-0.1, -0.05) is 29.8 Å². The first-order valence-electron chi connectivity index (χ1n) is 8.76. The molecule has 28 heavy (non-hydrogen) atoms. The van der Waals surface area contributed by atoms with Gasteiger partial charge in [-0.3, -0.25) is 0 Å². The number of benzene rings is 2. The molecule has 1 atom stereocenters. The van der Waals surface area contributed by atoms with Gasteiger partial charge in [0.2, 0.25) is 12.2 Å². The molecule has 3 aromatic rings. The topological polar surface area (TPSA) is 87.5 Å². The summed E-state index contributed by atoms with van der Waals surface area (Å²) in [5, 5.41) is 7.46. The van der Waals surface area contributed by atoms with Crippen LogP contribution in [0.5, 0.6) is 11.5 Å². The van der Waals surface area contributed by atoms with Gasteiger partial charge in [0.15, 0.2) is 11.5 Å². The number of ether oxygens (including phenoxy) is 3. The van der Waals surface area contributed by atoms with E-state index in [4.69, 9.17) is 14.2 Å². The molecule has 1 aliphatic rings. The van der Waals surface area contributed by atoms with Crippen LogP contribution in [0.2, 0.25) is 0 Å². The van der Waals surface area contributed by atoms with Crippen molar-refractivity contribution in [2.24, 2.45) is 0 Å². The van der Waals surface area contributed by atoms with Crippen LogP contribution in [0, 0.1) is 6.92 Å². The van der Waals surface area contributed by atoms with Gasteiger partial charge in [0, 0.05) is 5.56 Å². The number of anilines is 1. The van der Waals surface area contributed by atoms with Gasteiger partial charge in [0.25, 0.3) is 0 Å². The predicted molar refractivity (Wildman–Crippen MR) is 102 cm³/mol. The minimum atomic E-state index is -0.697. The largest absolute Gasteiger partial charge is 0.493 e. The number of nitrogens with zero attached hydrogens (tertiary/aromatic N) is 3. The van der Waals surface area contributed by atoms with Crippen molar-refractivity contribution < 1.29 is 19.0 Å². The van der Waals surface area contributed by atoms with Gasteiger partial charge in [0.05, 0.1) is 20.8 Å². The van der Waals surface area contributed by atoms with Crippen molar-refractivity contribution >= 4 is 11.9 Å². The van der Waals surface area contributed by atoms with E-state index < -0.39 is 12.2 Å². The highest BCUT2D eigenvalue weighted by atomic mass is 16.6. The predicted octanol–water partition coefficient (Wildman–Crippen LogP) is 2.93. The molecule has 2 aromatic carbocycles. The van der Waals surface area contributed by atoms with Crippen LogP contribution < -0.4 is 14.8 Å². The summed E-state index contributed by atoms with van der Waals surface area (Å²) < 4.78 is 17.8. The van der Waals surface area contributed by atoms with Gasteiger partial charge < -0.3 is 19.5 Å². The van der Waals surface area contributed by atoms with Crippen LogP contribution in [0.1, 0.15) is 33.3 Å². The highest BCUT2D eigenvalue weighted by molar-refractivity contribution is 5.98. The van der Waals surface area contributed by atoms with Gasteiger partial charge in [-0.25, -0.2) is 14.5 Å². The molecule has 8 heteroatoms. The third-order valence-electron chi connectivity index (χ3n) is 4.55. The molecule has 0 bridgehead atoms. The van der Waals surface area contributed by atoms with Gasteiger partial charge in [-0.05, 0) is 24.6 Å². The average Bonchev–Trinajstić information content (AvgIpc) is 3.27. The summed E-state index contributed by atoms with van der Waals surface area (Å²) >= 11 is 0. The Kier molecular flexibility index (Phi) is 4.60. The lowest BCUT2D eigenvalue weighted by Crippen LogP contribution is -2.12. The maximum Gasteiger partial charge on any atom is 0.344 e. The van der Waals surface area contributed by atoms with E-state index in [1.165, 1.54) is 19.8 Å². The number of carbonyl (C=O) groups excluding carboxylic acids is 1. The van der Waals surface area contributed by atoms with Crippen LogP contribution in [0.3, 0.4) is 0 Å². The summed E-state index contributed by atoms with van der Waals surface area (Å²) in [5.74, 6) is 0.710. The molecule has 1 aromatic heterocycles. The number of esters is 1. The lowest BCUT2D eigenvalue weighted by atomic mass is 10.1. The van der Waals surface area contributed by atoms with Crippen molar-refractivity contribution in [3.8, 4) is 11.5 Å². The second kappa shape index (κ2) is 7.22. The third kappa shape index (κ3) is 3.24. The second-order valence-corrected chi connectivity index (χ2v) is 6.45. The van der Waals surface area contributed by atoms with Crippen LogP contribution in [-0.4, -0.2) is 35.0 Å².